The minimum absolute atomic E-state index is 0.108. The van der Waals surface area contributed by atoms with Crippen LogP contribution in [-0.2, 0) is 4.74 Å². The molecule has 132 valence electrons. The van der Waals surface area contributed by atoms with E-state index >= 15 is 0 Å². The van der Waals surface area contributed by atoms with Crippen molar-refractivity contribution in [1.82, 2.24) is 4.90 Å². The molecule has 5 nitrogen and oxygen atoms in total. The number of carbonyl (C=O) groups is 1. The number of nitrogens with zero attached hydrogens (tertiary/aromatic N) is 1. The van der Waals surface area contributed by atoms with E-state index in [1.54, 1.807) is 4.90 Å². The molecule has 0 atom stereocenters. The Morgan fingerprint density at radius 3 is 2.56 bits per heavy atom. The van der Waals surface area contributed by atoms with Gasteiger partial charge >= 0.3 is 0 Å². The first-order valence-corrected chi connectivity index (χ1v) is 9.01. The molecular weight excluding hydrogens is 318 g/mol. The van der Waals surface area contributed by atoms with Gasteiger partial charge in [-0.15, -0.1) is 0 Å². The van der Waals surface area contributed by atoms with E-state index in [1.807, 2.05) is 26.0 Å². The highest BCUT2D eigenvalue weighted by molar-refractivity contribution is 5.94. The maximum atomic E-state index is 13.1. The Balaban J connectivity index is 1.75. The monoisotopic (exact) mass is 341 g/mol. The van der Waals surface area contributed by atoms with E-state index < -0.39 is 5.72 Å². The van der Waals surface area contributed by atoms with Crippen molar-refractivity contribution in [2.24, 2.45) is 0 Å². The number of hydrogen-bond acceptors (Lipinski definition) is 4. The van der Waals surface area contributed by atoms with Crippen molar-refractivity contribution in [3.05, 3.63) is 45.3 Å². The summed E-state index contributed by atoms with van der Waals surface area (Å²) in [5.74, 6) is -0.132. The van der Waals surface area contributed by atoms with Gasteiger partial charge in [0.1, 0.15) is 11.3 Å². The van der Waals surface area contributed by atoms with Gasteiger partial charge < -0.3 is 14.1 Å². The molecule has 1 aromatic carbocycles. The van der Waals surface area contributed by atoms with Crippen LogP contribution in [0.15, 0.2) is 27.4 Å². The Morgan fingerprint density at radius 2 is 1.80 bits per heavy atom. The molecule has 25 heavy (non-hydrogen) atoms. The predicted octanol–water partition coefficient (Wildman–Crippen LogP) is 3.54. The molecule has 5 heteroatoms. The predicted molar refractivity (Wildman–Crippen MR) is 94.8 cm³/mol. The summed E-state index contributed by atoms with van der Waals surface area (Å²) in [6.45, 7) is 5.02. The normalized spacial score (nSPS) is 19.7. The second kappa shape index (κ2) is 5.99. The fourth-order valence-electron chi connectivity index (χ4n) is 4.06. The molecule has 1 saturated carbocycles. The highest BCUT2D eigenvalue weighted by Gasteiger charge is 2.46. The van der Waals surface area contributed by atoms with Crippen molar-refractivity contribution in [2.75, 3.05) is 13.2 Å². The van der Waals surface area contributed by atoms with Gasteiger partial charge in [0.2, 0.25) is 0 Å². The standard InChI is InChI=1S/C20H23NO4/c1-13-10-15-16(22)12-18(25-17(15)11-14(13)2)19(23)21-8-9-24-20(21)6-4-3-5-7-20/h10-12H,3-9H2,1-2H3. The fourth-order valence-corrected chi connectivity index (χ4v) is 4.06. The van der Waals surface area contributed by atoms with Crippen molar-refractivity contribution in [3.8, 4) is 0 Å². The van der Waals surface area contributed by atoms with Gasteiger partial charge in [0, 0.05) is 12.6 Å². The van der Waals surface area contributed by atoms with Crippen molar-refractivity contribution < 1.29 is 13.9 Å². The maximum Gasteiger partial charge on any atom is 0.292 e. The minimum atomic E-state index is -0.508. The molecule has 4 rings (SSSR count). The lowest BCUT2D eigenvalue weighted by Gasteiger charge is -2.39. The van der Waals surface area contributed by atoms with Gasteiger partial charge in [0.15, 0.2) is 11.2 Å². The average molecular weight is 341 g/mol. The molecule has 0 unspecified atom stereocenters. The van der Waals surface area contributed by atoms with Gasteiger partial charge in [-0.25, -0.2) is 0 Å². The summed E-state index contributed by atoms with van der Waals surface area (Å²) in [4.78, 5) is 27.3. The number of hydrogen-bond donors (Lipinski definition) is 0. The van der Waals surface area contributed by atoms with Gasteiger partial charge in [-0.05, 0) is 62.8 Å². The molecular formula is C20H23NO4. The zero-order chi connectivity index (χ0) is 17.6. The molecule has 1 amide bonds. The molecule has 1 aliphatic carbocycles. The van der Waals surface area contributed by atoms with Crippen LogP contribution in [0.1, 0.15) is 53.8 Å². The van der Waals surface area contributed by atoms with E-state index in [0.717, 1.165) is 36.8 Å². The van der Waals surface area contributed by atoms with Crippen molar-refractivity contribution >= 4 is 16.9 Å². The molecule has 0 radical (unpaired) electrons. The Morgan fingerprint density at radius 1 is 1.08 bits per heavy atom. The Labute approximate surface area is 146 Å². The number of fused-ring (bicyclic) bond motifs is 1. The molecule has 0 bridgehead atoms. The third kappa shape index (κ3) is 2.67. The summed E-state index contributed by atoms with van der Waals surface area (Å²) in [5.41, 5.74) is 1.86. The zero-order valence-corrected chi connectivity index (χ0v) is 14.8. The second-order valence-electron chi connectivity index (χ2n) is 7.22. The first-order valence-electron chi connectivity index (χ1n) is 9.01. The lowest BCUT2D eigenvalue weighted by atomic mass is 9.90. The molecule has 1 spiro atoms. The molecule has 1 aliphatic heterocycles. The summed E-state index contributed by atoms with van der Waals surface area (Å²) in [6, 6.07) is 4.99. The molecule has 1 saturated heterocycles. The largest absolute Gasteiger partial charge is 0.451 e. The van der Waals surface area contributed by atoms with Gasteiger partial charge in [-0.1, -0.05) is 6.42 Å². The van der Waals surface area contributed by atoms with Crippen molar-refractivity contribution in [1.29, 1.82) is 0 Å². The Hall–Kier alpha value is -2.14. The summed E-state index contributed by atoms with van der Waals surface area (Å²) >= 11 is 0. The van der Waals surface area contributed by atoms with Gasteiger partial charge in [0.25, 0.3) is 5.91 Å². The topological polar surface area (TPSA) is 59.8 Å². The van der Waals surface area contributed by atoms with Crippen LogP contribution in [-0.4, -0.2) is 29.7 Å². The van der Waals surface area contributed by atoms with Gasteiger partial charge in [0.05, 0.1) is 12.0 Å². The summed E-state index contributed by atoms with van der Waals surface area (Å²) < 4.78 is 11.8. The molecule has 1 aromatic heterocycles. The molecule has 2 aromatic rings. The van der Waals surface area contributed by atoms with Crippen LogP contribution in [0, 0.1) is 13.8 Å². The summed E-state index contributed by atoms with van der Waals surface area (Å²) in [5, 5.41) is 0.518. The molecule has 2 heterocycles. The van der Waals surface area contributed by atoms with E-state index in [1.165, 1.54) is 12.5 Å². The zero-order valence-electron chi connectivity index (χ0n) is 14.8. The van der Waals surface area contributed by atoms with E-state index in [0.29, 0.717) is 24.1 Å². The number of carbonyl (C=O) groups excluding carboxylic acids is 1. The quantitative estimate of drug-likeness (QED) is 0.796. The van der Waals surface area contributed by atoms with Crippen molar-refractivity contribution in [2.45, 2.75) is 51.7 Å². The third-order valence-corrected chi connectivity index (χ3v) is 5.61. The molecule has 2 aliphatic rings. The van der Waals surface area contributed by atoms with Crippen LogP contribution in [0.25, 0.3) is 11.0 Å². The van der Waals surface area contributed by atoms with E-state index in [2.05, 4.69) is 0 Å². The highest BCUT2D eigenvalue weighted by Crippen LogP contribution is 2.38. The minimum Gasteiger partial charge on any atom is -0.451 e. The van der Waals surface area contributed by atoms with Crippen molar-refractivity contribution in [3.63, 3.8) is 0 Å². The number of aryl methyl sites for hydroxylation is 2. The molecule has 2 fully saturated rings. The summed E-state index contributed by atoms with van der Waals surface area (Å²) in [7, 11) is 0. The number of benzene rings is 1. The lowest BCUT2D eigenvalue weighted by Crippen LogP contribution is -2.49. The smallest absolute Gasteiger partial charge is 0.292 e. The van der Waals surface area contributed by atoms with Crippen LogP contribution in [0.2, 0.25) is 0 Å². The van der Waals surface area contributed by atoms with E-state index in [4.69, 9.17) is 9.15 Å². The first kappa shape index (κ1) is 16.3. The first-order chi connectivity index (χ1) is 12.0. The van der Waals surface area contributed by atoms with Crippen LogP contribution in [0.4, 0.5) is 0 Å². The van der Waals surface area contributed by atoms with Crippen LogP contribution in [0.5, 0.6) is 0 Å². The van der Waals surface area contributed by atoms with E-state index in [9.17, 15) is 9.59 Å². The Kier molecular flexibility index (Phi) is 3.91. The SMILES string of the molecule is Cc1cc2oc(C(=O)N3CCOC34CCCCC4)cc(=O)c2cc1C. The average Bonchev–Trinajstić information content (AvgIpc) is 2.99. The van der Waals surface area contributed by atoms with Crippen LogP contribution >= 0.6 is 0 Å². The van der Waals surface area contributed by atoms with E-state index in [-0.39, 0.29) is 17.1 Å². The highest BCUT2D eigenvalue weighted by atomic mass is 16.5. The van der Waals surface area contributed by atoms with Gasteiger partial charge in [-0.2, -0.15) is 0 Å². The molecule has 0 N–H and O–H groups in total. The third-order valence-electron chi connectivity index (χ3n) is 5.61. The second-order valence-corrected chi connectivity index (χ2v) is 7.22. The lowest BCUT2D eigenvalue weighted by molar-refractivity contribution is -0.0925. The maximum absolute atomic E-state index is 13.1. The van der Waals surface area contributed by atoms with Crippen LogP contribution < -0.4 is 5.43 Å². The summed E-state index contributed by atoms with van der Waals surface area (Å²) in [6.07, 6.45) is 5.01. The van der Waals surface area contributed by atoms with Gasteiger partial charge in [-0.3, -0.25) is 9.59 Å². The number of rotatable bonds is 1. The Bertz CT molecular complexity index is 892. The number of ether oxygens (including phenoxy) is 1. The van der Waals surface area contributed by atoms with Crippen LogP contribution in [0.3, 0.4) is 0 Å². The number of amides is 1. The fraction of sp³-hybridized carbons (Fsp3) is 0.500.